The highest BCUT2D eigenvalue weighted by Gasteiger charge is 2.19. The molecule has 6 heteroatoms. The van der Waals surface area contributed by atoms with Crippen molar-refractivity contribution in [2.45, 2.75) is 399 Å². The summed E-state index contributed by atoms with van der Waals surface area (Å²) >= 11 is 0. The number of rotatable bonds is 65. The van der Waals surface area contributed by atoms with E-state index in [-0.39, 0.29) is 31.1 Å². The Labute approximate surface area is 481 Å². The molecule has 1 unspecified atom stereocenters. The molecule has 0 fully saturated rings. The first kappa shape index (κ1) is 74.9. The van der Waals surface area contributed by atoms with Gasteiger partial charge < -0.3 is 14.2 Å². The lowest BCUT2D eigenvalue weighted by molar-refractivity contribution is -0.167. The van der Waals surface area contributed by atoms with Gasteiger partial charge >= 0.3 is 17.9 Å². The number of esters is 3. The Morgan fingerprint density at radius 3 is 0.740 bits per heavy atom. The molecular weight excluding hydrogens is 949 g/mol. The molecule has 0 aliphatic rings. The molecule has 1 atom stereocenters. The maximum Gasteiger partial charge on any atom is 0.306 e. The van der Waals surface area contributed by atoms with Crippen molar-refractivity contribution in [2.24, 2.45) is 0 Å². The van der Waals surface area contributed by atoms with Crippen molar-refractivity contribution in [1.29, 1.82) is 0 Å². The Bertz CT molecular complexity index is 1240. The fourth-order valence-corrected chi connectivity index (χ4v) is 10.7. The van der Waals surface area contributed by atoms with E-state index in [1.165, 1.54) is 289 Å². The van der Waals surface area contributed by atoms with Crippen LogP contribution in [0.15, 0.2) is 24.3 Å². The topological polar surface area (TPSA) is 78.9 Å². The number of carbonyl (C=O) groups is 3. The van der Waals surface area contributed by atoms with Crippen LogP contribution in [0.4, 0.5) is 0 Å². The van der Waals surface area contributed by atoms with E-state index in [2.05, 4.69) is 45.1 Å². The molecular formula is C71H134O6. The molecule has 0 aromatic heterocycles. The molecule has 0 amide bonds. The molecule has 0 heterocycles. The lowest BCUT2D eigenvalue weighted by Gasteiger charge is -2.18. The first-order valence-electron chi connectivity index (χ1n) is 34.8. The predicted octanol–water partition coefficient (Wildman–Crippen LogP) is 23.8. The summed E-state index contributed by atoms with van der Waals surface area (Å²) < 4.78 is 16.8. The Hall–Kier alpha value is -2.11. The fraction of sp³-hybridized carbons (Fsp3) is 0.901. The van der Waals surface area contributed by atoms with Crippen LogP contribution in [0.3, 0.4) is 0 Å². The molecule has 0 saturated heterocycles. The Balaban J connectivity index is 3.90. The van der Waals surface area contributed by atoms with Crippen LogP contribution in [0.5, 0.6) is 0 Å². The summed E-state index contributed by atoms with van der Waals surface area (Å²) in [6, 6.07) is 0. The molecule has 0 aliphatic heterocycles. The minimum Gasteiger partial charge on any atom is -0.462 e. The molecule has 0 N–H and O–H groups in total. The molecule has 6 nitrogen and oxygen atoms in total. The van der Waals surface area contributed by atoms with Crippen LogP contribution in [0.2, 0.25) is 0 Å². The smallest absolute Gasteiger partial charge is 0.306 e. The van der Waals surface area contributed by atoms with E-state index in [1.807, 2.05) is 0 Å². The molecule has 0 aromatic rings. The maximum atomic E-state index is 12.8. The molecule has 77 heavy (non-hydrogen) atoms. The quantitative estimate of drug-likeness (QED) is 0.0261. The van der Waals surface area contributed by atoms with Crippen molar-refractivity contribution in [2.75, 3.05) is 13.2 Å². The molecule has 0 bridgehead atoms. The summed E-state index contributed by atoms with van der Waals surface area (Å²) in [4.78, 5) is 38.0. The van der Waals surface area contributed by atoms with Crippen LogP contribution >= 0.6 is 0 Å². The number of hydrogen-bond donors (Lipinski definition) is 0. The van der Waals surface area contributed by atoms with E-state index in [1.54, 1.807) is 0 Å². The molecule has 0 saturated carbocycles. The molecule has 0 aliphatic carbocycles. The van der Waals surface area contributed by atoms with E-state index in [0.29, 0.717) is 19.3 Å². The molecule has 454 valence electrons. The largest absolute Gasteiger partial charge is 0.462 e. The van der Waals surface area contributed by atoms with Gasteiger partial charge in [0.05, 0.1) is 0 Å². The summed E-state index contributed by atoms with van der Waals surface area (Å²) in [5, 5.41) is 0. The van der Waals surface area contributed by atoms with Gasteiger partial charge in [-0.1, -0.05) is 347 Å². The number of carbonyl (C=O) groups excluding carboxylic acids is 3. The second kappa shape index (κ2) is 66.4. The number of ether oxygens (including phenoxy) is 3. The minimum atomic E-state index is -0.768. The van der Waals surface area contributed by atoms with E-state index < -0.39 is 6.10 Å². The normalized spacial score (nSPS) is 12.1. The van der Waals surface area contributed by atoms with E-state index >= 15 is 0 Å². The average molecular weight is 1080 g/mol. The molecule has 0 rings (SSSR count). The zero-order chi connectivity index (χ0) is 55.7. The van der Waals surface area contributed by atoms with Crippen molar-refractivity contribution in [3.8, 4) is 0 Å². The average Bonchev–Trinajstić information content (AvgIpc) is 3.43. The lowest BCUT2D eigenvalue weighted by Crippen LogP contribution is -2.30. The number of unbranched alkanes of at least 4 members (excludes halogenated alkanes) is 50. The highest BCUT2D eigenvalue weighted by atomic mass is 16.6. The monoisotopic (exact) mass is 1080 g/mol. The van der Waals surface area contributed by atoms with Crippen LogP contribution < -0.4 is 0 Å². The van der Waals surface area contributed by atoms with Gasteiger partial charge in [0, 0.05) is 19.3 Å². The van der Waals surface area contributed by atoms with Gasteiger partial charge in [0.25, 0.3) is 0 Å². The second-order valence-corrected chi connectivity index (χ2v) is 23.8. The summed E-state index contributed by atoms with van der Waals surface area (Å²) in [7, 11) is 0. The minimum absolute atomic E-state index is 0.0681. The zero-order valence-electron chi connectivity index (χ0n) is 52.3. The van der Waals surface area contributed by atoms with Crippen LogP contribution in [-0.2, 0) is 28.6 Å². The fourth-order valence-electron chi connectivity index (χ4n) is 10.7. The van der Waals surface area contributed by atoms with Gasteiger partial charge in [0.2, 0.25) is 0 Å². The van der Waals surface area contributed by atoms with E-state index in [0.717, 1.165) is 64.2 Å². The first-order chi connectivity index (χ1) is 38.0. The lowest BCUT2D eigenvalue weighted by atomic mass is 10.0. The molecule has 0 radical (unpaired) electrons. The van der Waals surface area contributed by atoms with Crippen LogP contribution in [0.1, 0.15) is 393 Å². The van der Waals surface area contributed by atoms with Crippen LogP contribution in [-0.4, -0.2) is 37.2 Å². The second-order valence-electron chi connectivity index (χ2n) is 23.8. The van der Waals surface area contributed by atoms with E-state index in [9.17, 15) is 14.4 Å². The number of allylic oxidation sites excluding steroid dienone is 4. The third-order valence-corrected chi connectivity index (χ3v) is 16.0. The van der Waals surface area contributed by atoms with Crippen molar-refractivity contribution in [3.05, 3.63) is 24.3 Å². The molecule has 0 aromatic carbocycles. The highest BCUT2D eigenvalue weighted by Crippen LogP contribution is 2.19. The van der Waals surface area contributed by atoms with Crippen molar-refractivity contribution < 1.29 is 28.6 Å². The third kappa shape index (κ3) is 64.6. The van der Waals surface area contributed by atoms with Crippen molar-refractivity contribution in [3.63, 3.8) is 0 Å². The first-order valence-corrected chi connectivity index (χ1v) is 34.8. The number of hydrogen-bond acceptors (Lipinski definition) is 6. The maximum absolute atomic E-state index is 12.8. The SMILES string of the molecule is CCCCC/C=C\C/C=C\CCCCCCCCCCCC(=O)OC(COC(=O)CCCCCCCC)COC(=O)CCCCCCCCCCCCCCCCCCCCCCCCCCCCCCCCCCCC. The summed E-state index contributed by atoms with van der Waals surface area (Å²) in [5.41, 5.74) is 0. The Morgan fingerprint density at radius 2 is 0.468 bits per heavy atom. The summed E-state index contributed by atoms with van der Waals surface area (Å²) in [6.07, 6.45) is 81.2. The Morgan fingerprint density at radius 1 is 0.260 bits per heavy atom. The van der Waals surface area contributed by atoms with Gasteiger partial charge in [-0.15, -0.1) is 0 Å². The van der Waals surface area contributed by atoms with Gasteiger partial charge in [-0.3, -0.25) is 14.4 Å². The van der Waals surface area contributed by atoms with Crippen molar-refractivity contribution >= 4 is 17.9 Å². The summed E-state index contributed by atoms with van der Waals surface area (Å²) in [5.74, 6) is -0.858. The van der Waals surface area contributed by atoms with Gasteiger partial charge in [0.15, 0.2) is 6.10 Å². The summed E-state index contributed by atoms with van der Waals surface area (Å²) in [6.45, 7) is 6.62. The van der Waals surface area contributed by atoms with Crippen molar-refractivity contribution in [1.82, 2.24) is 0 Å². The van der Waals surface area contributed by atoms with Crippen LogP contribution in [0.25, 0.3) is 0 Å². The van der Waals surface area contributed by atoms with Crippen LogP contribution in [0, 0.1) is 0 Å². The van der Waals surface area contributed by atoms with Gasteiger partial charge in [-0.2, -0.15) is 0 Å². The standard InChI is InChI=1S/C71H134O6/c1-4-7-10-13-16-18-20-22-24-26-28-29-30-31-32-33-34-35-36-37-38-39-40-41-42-44-45-47-49-51-53-55-58-61-64-70(73)76-67-68(66-75-69(72)63-60-57-15-12-9-6-3)77-71(74)65-62-59-56-54-52-50-48-46-43-27-25-23-21-19-17-14-11-8-5-2/h17,19,23,25,68H,4-16,18,20-22,24,26-67H2,1-3H3/b19-17-,25-23-. The van der Waals surface area contributed by atoms with Gasteiger partial charge in [-0.25, -0.2) is 0 Å². The Kier molecular flexibility index (Phi) is 64.6. The predicted molar refractivity (Wildman–Crippen MR) is 335 cm³/mol. The highest BCUT2D eigenvalue weighted by molar-refractivity contribution is 5.71. The van der Waals surface area contributed by atoms with E-state index in [4.69, 9.17) is 14.2 Å². The van der Waals surface area contributed by atoms with Gasteiger partial charge in [0.1, 0.15) is 13.2 Å². The third-order valence-electron chi connectivity index (χ3n) is 16.0. The van der Waals surface area contributed by atoms with Gasteiger partial charge in [-0.05, 0) is 51.4 Å². The molecule has 0 spiro atoms. The zero-order valence-corrected chi connectivity index (χ0v) is 52.3.